The first kappa shape index (κ1) is 15.0. The van der Waals surface area contributed by atoms with Crippen molar-refractivity contribution >= 4 is 27.7 Å². The average Bonchev–Trinajstić information content (AvgIpc) is 3.18. The van der Waals surface area contributed by atoms with E-state index in [1.807, 2.05) is 0 Å². The molecular formula is C14H16BrFN2O2. The minimum Gasteiger partial charge on any atom is -0.353 e. The Hall–Kier alpha value is -1.43. The zero-order valence-corrected chi connectivity index (χ0v) is 12.5. The molecule has 6 heteroatoms. The first-order chi connectivity index (χ1) is 9.56. The van der Waals surface area contributed by atoms with Crippen LogP contribution in [-0.4, -0.2) is 24.4 Å². The molecule has 1 aromatic rings. The van der Waals surface area contributed by atoms with E-state index in [9.17, 15) is 14.0 Å². The van der Waals surface area contributed by atoms with Crippen molar-refractivity contribution in [1.29, 1.82) is 0 Å². The number of hydrogen-bond acceptors (Lipinski definition) is 2. The molecule has 0 radical (unpaired) electrons. The maximum absolute atomic E-state index is 13.5. The highest BCUT2D eigenvalue weighted by molar-refractivity contribution is 9.10. The van der Waals surface area contributed by atoms with Crippen LogP contribution in [0.15, 0.2) is 22.7 Å². The summed E-state index contributed by atoms with van der Waals surface area (Å²) in [5.41, 5.74) is 0.00984. The van der Waals surface area contributed by atoms with Gasteiger partial charge in [0.2, 0.25) is 5.91 Å². The SMILES string of the molecule is O=C(CCCNC(=O)c1ccc(Br)cc1F)NC1CC1. The molecule has 0 saturated heterocycles. The molecule has 0 spiro atoms. The van der Waals surface area contributed by atoms with Crippen molar-refractivity contribution in [3.8, 4) is 0 Å². The minimum absolute atomic E-state index is 0.00984. The third-order valence-electron chi connectivity index (χ3n) is 2.98. The van der Waals surface area contributed by atoms with E-state index in [1.165, 1.54) is 12.1 Å². The van der Waals surface area contributed by atoms with E-state index in [0.717, 1.165) is 12.8 Å². The molecule has 0 heterocycles. The van der Waals surface area contributed by atoms with Crippen molar-refractivity contribution in [3.63, 3.8) is 0 Å². The van der Waals surface area contributed by atoms with Crippen molar-refractivity contribution in [2.75, 3.05) is 6.54 Å². The Morgan fingerprint density at radius 3 is 2.75 bits per heavy atom. The number of benzene rings is 1. The number of carbonyl (C=O) groups excluding carboxylic acids is 2. The molecule has 0 aliphatic heterocycles. The van der Waals surface area contributed by atoms with E-state index >= 15 is 0 Å². The summed E-state index contributed by atoms with van der Waals surface area (Å²) in [4.78, 5) is 23.2. The number of hydrogen-bond donors (Lipinski definition) is 2. The number of halogens is 2. The third kappa shape index (κ3) is 4.59. The molecule has 20 heavy (non-hydrogen) atoms. The Kier molecular flexibility index (Phi) is 5.11. The summed E-state index contributed by atoms with van der Waals surface area (Å²) in [6, 6.07) is 4.64. The lowest BCUT2D eigenvalue weighted by molar-refractivity contribution is -0.121. The van der Waals surface area contributed by atoms with Gasteiger partial charge in [0.25, 0.3) is 5.91 Å². The van der Waals surface area contributed by atoms with Crippen molar-refractivity contribution in [1.82, 2.24) is 10.6 Å². The second-order valence-electron chi connectivity index (χ2n) is 4.83. The summed E-state index contributed by atoms with van der Waals surface area (Å²) in [6.07, 6.45) is 3.04. The lowest BCUT2D eigenvalue weighted by Crippen LogP contribution is -2.28. The van der Waals surface area contributed by atoms with E-state index in [-0.39, 0.29) is 11.5 Å². The number of nitrogens with one attached hydrogen (secondary N) is 2. The molecule has 2 amide bonds. The number of amides is 2. The summed E-state index contributed by atoms with van der Waals surface area (Å²) in [5.74, 6) is -1.02. The van der Waals surface area contributed by atoms with Gasteiger partial charge in [-0.3, -0.25) is 9.59 Å². The highest BCUT2D eigenvalue weighted by atomic mass is 79.9. The summed E-state index contributed by atoms with van der Waals surface area (Å²) < 4.78 is 14.1. The summed E-state index contributed by atoms with van der Waals surface area (Å²) >= 11 is 3.13. The normalized spacial score (nSPS) is 13.9. The lowest BCUT2D eigenvalue weighted by atomic mass is 10.2. The molecule has 0 bridgehead atoms. The minimum atomic E-state index is -0.566. The van der Waals surface area contributed by atoms with Gasteiger partial charge in [0, 0.05) is 23.5 Å². The number of carbonyl (C=O) groups is 2. The van der Waals surface area contributed by atoms with Gasteiger partial charge in [-0.2, -0.15) is 0 Å². The fourth-order valence-electron chi connectivity index (χ4n) is 1.75. The van der Waals surface area contributed by atoms with E-state index in [2.05, 4.69) is 26.6 Å². The Bertz CT molecular complexity index is 518. The van der Waals surface area contributed by atoms with Crippen LogP contribution in [0.2, 0.25) is 0 Å². The van der Waals surface area contributed by atoms with Crippen LogP contribution in [0.25, 0.3) is 0 Å². The first-order valence-corrected chi connectivity index (χ1v) is 7.38. The lowest BCUT2D eigenvalue weighted by Gasteiger charge is -2.07. The van der Waals surface area contributed by atoms with Crippen LogP contribution in [0.3, 0.4) is 0 Å². The van der Waals surface area contributed by atoms with Crippen LogP contribution in [0.1, 0.15) is 36.0 Å². The van der Waals surface area contributed by atoms with Crippen molar-refractivity contribution in [2.24, 2.45) is 0 Å². The highest BCUT2D eigenvalue weighted by Gasteiger charge is 2.22. The van der Waals surface area contributed by atoms with Gasteiger partial charge >= 0.3 is 0 Å². The van der Waals surface area contributed by atoms with Gasteiger partial charge in [-0.05, 0) is 37.5 Å². The predicted molar refractivity (Wildman–Crippen MR) is 76.8 cm³/mol. The molecule has 2 rings (SSSR count). The zero-order valence-electron chi connectivity index (χ0n) is 10.9. The third-order valence-corrected chi connectivity index (χ3v) is 3.48. The van der Waals surface area contributed by atoms with Gasteiger partial charge in [-0.25, -0.2) is 4.39 Å². The molecule has 2 N–H and O–H groups in total. The Morgan fingerprint density at radius 1 is 1.35 bits per heavy atom. The van der Waals surface area contributed by atoms with Crippen LogP contribution in [0, 0.1) is 5.82 Å². The second-order valence-corrected chi connectivity index (χ2v) is 5.74. The zero-order chi connectivity index (χ0) is 14.5. The molecule has 108 valence electrons. The molecule has 1 aromatic carbocycles. The molecule has 4 nitrogen and oxygen atoms in total. The van der Waals surface area contributed by atoms with E-state index in [4.69, 9.17) is 0 Å². The Balaban J connectivity index is 1.70. The molecule has 1 aliphatic rings. The van der Waals surface area contributed by atoms with Gasteiger partial charge < -0.3 is 10.6 Å². The molecule has 0 unspecified atom stereocenters. The van der Waals surface area contributed by atoms with Crippen molar-refractivity contribution in [3.05, 3.63) is 34.1 Å². The van der Waals surface area contributed by atoms with Crippen LogP contribution in [0.5, 0.6) is 0 Å². The van der Waals surface area contributed by atoms with E-state index < -0.39 is 11.7 Å². The maximum atomic E-state index is 13.5. The molecular weight excluding hydrogens is 327 g/mol. The standard InChI is InChI=1S/C14H16BrFN2O2/c15-9-3-6-11(12(16)8-9)14(20)17-7-1-2-13(19)18-10-4-5-10/h3,6,8,10H,1-2,4-5,7H2,(H,17,20)(H,18,19). The smallest absolute Gasteiger partial charge is 0.254 e. The summed E-state index contributed by atoms with van der Waals surface area (Å²) in [7, 11) is 0. The van der Waals surface area contributed by atoms with Gasteiger partial charge in [0.05, 0.1) is 5.56 Å². The average molecular weight is 343 g/mol. The predicted octanol–water partition coefficient (Wildman–Crippen LogP) is 2.38. The second kappa shape index (κ2) is 6.83. The molecule has 1 saturated carbocycles. The van der Waals surface area contributed by atoms with E-state index in [0.29, 0.717) is 29.9 Å². The largest absolute Gasteiger partial charge is 0.353 e. The monoisotopic (exact) mass is 342 g/mol. The van der Waals surface area contributed by atoms with Crippen LogP contribution in [0.4, 0.5) is 4.39 Å². The van der Waals surface area contributed by atoms with E-state index in [1.54, 1.807) is 6.07 Å². The Morgan fingerprint density at radius 2 is 2.10 bits per heavy atom. The summed E-state index contributed by atoms with van der Waals surface area (Å²) in [6.45, 7) is 0.354. The van der Waals surface area contributed by atoms with Crippen LogP contribution in [-0.2, 0) is 4.79 Å². The van der Waals surface area contributed by atoms with Gasteiger partial charge in [-0.15, -0.1) is 0 Å². The van der Waals surface area contributed by atoms with Gasteiger partial charge in [-0.1, -0.05) is 15.9 Å². The van der Waals surface area contributed by atoms with Crippen LogP contribution >= 0.6 is 15.9 Å². The topological polar surface area (TPSA) is 58.2 Å². The molecule has 1 aliphatic carbocycles. The molecule has 0 atom stereocenters. The Labute approximate surface area is 125 Å². The van der Waals surface area contributed by atoms with Gasteiger partial charge in [0.1, 0.15) is 5.82 Å². The van der Waals surface area contributed by atoms with Gasteiger partial charge in [0.15, 0.2) is 0 Å². The number of rotatable bonds is 6. The maximum Gasteiger partial charge on any atom is 0.254 e. The van der Waals surface area contributed by atoms with Crippen molar-refractivity contribution in [2.45, 2.75) is 31.7 Å². The van der Waals surface area contributed by atoms with Crippen molar-refractivity contribution < 1.29 is 14.0 Å². The molecule has 1 fully saturated rings. The summed E-state index contributed by atoms with van der Waals surface area (Å²) in [5, 5.41) is 5.48. The molecule has 0 aromatic heterocycles. The fourth-order valence-corrected chi connectivity index (χ4v) is 2.08. The fraction of sp³-hybridized carbons (Fsp3) is 0.429. The quantitative estimate of drug-likeness (QED) is 0.780. The highest BCUT2D eigenvalue weighted by Crippen LogP contribution is 2.18. The first-order valence-electron chi connectivity index (χ1n) is 6.59. The van der Waals surface area contributed by atoms with Crippen LogP contribution < -0.4 is 10.6 Å².